The molecule has 0 aliphatic carbocycles. The Bertz CT molecular complexity index is 433. The van der Waals surface area contributed by atoms with Gasteiger partial charge in [-0.05, 0) is 30.5 Å². The Balaban J connectivity index is 2.69. The van der Waals surface area contributed by atoms with Gasteiger partial charge in [-0.1, -0.05) is 37.3 Å². The van der Waals surface area contributed by atoms with Gasteiger partial charge in [0, 0.05) is 0 Å². The smallest absolute Gasteiger partial charge is 0.379 e. The number of ketones is 1. The molecule has 3 nitrogen and oxygen atoms in total. The van der Waals surface area contributed by atoms with Crippen molar-refractivity contribution >= 4 is 17.8 Å². The molecule has 0 N–H and O–H groups in total. The zero-order valence-electron chi connectivity index (χ0n) is 10.1. The topological polar surface area (TPSA) is 43.4 Å². The molecule has 0 fully saturated rings. The van der Waals surface area contributed by atoms with Gasteiger partial charge in [-0.25, -0.2) is 4.79 Å². The lowest BCUT2D eigenvalue weighted by atomic mass is 10.1. The summed E-state index contributed by atoms with van der Waals surface area (Å²) >= 11 is 0. The predicted molar refractivity (Wildman–Crippen MR) is 66.5 cm³/mol. The van der Waals surface area contributed by atoms with E-state index >= 15 is 0 Å². The minimum Gasteiger partial charge on any atom is -0.460 e. The summed E-state index contributed by atoms with van der Waals surface area (Å²) in [6.07, 6.45) is 3.80. The molecule has 17 heavy (non-hydrogen) atoms. The van der Waals surface area contributed by atoms with Crippen molar-refractivity contribution in [1.29, 1.82) is 0 Å². The number of rotatable bonds is 5. The second-order valence-corrected chi connectivity index (χ2v) is 3.52. The standard InChI is InChI=1S/C14H16O3/c1-3-11-6-5-7-12(10-11)8-9-13(15)14(16)17-4-2/h5-10H,3-4H2,1-2H3/b9-8+. The van der Waals surface area contributed by atoms with Crippen LogP contribution in [0.25, 0.3) is 6.08 Å². The van der Waals surface area contributed by atoms with Gasteiger partial charge in [0.1, 0.15) is 0 Å². The minimum absolute atomic E-state index is 0.212. The fourth-order valence-electron chi connectivity index (χ4n) is 1.36. The third-order valence-corrected chi connectivity index (χ3v) is 2.26. The van der Waals surface area contributed by atoms with E-state index in [9.17, 15) is 9.59 Å². The van der Waals surface area contributed by atoms with Crippen molar-refractivity contribution in [2.45, 2.75) is 20.3 Å². The predicted octanol–water partition coefficient (Wildman–Crippen LogP) is 2.39. The highest BCUT2D eigenvalue weighted by atomic mass is 16.5. The zero-order valence-corrected chi connectivity index (χ0v) is 10.1. The lowest BCUT2D eigenvalue weighted by Crippen LogP contribution is -2.14. The van der Waals surface area contributed by atoms with Crippen molar-refractivity contribution in [3.05, 3.63) is 41.5 Å². The fourth-order valence-corrected chi connectivity index (χ4v) is 1.36. The average molecular weight is 232 g/mol. The summed E-state index contributed by atoms with van der Waals surface area (Å²) in [5.41, 5.74) is 2.10. The number of hydrogen-bond acceptors (Lipinski definition) is 3. The van der Waals surface area contributed by atoms with Crippen LogP contribution >= 0.6 is 0 Å². The monoisotopic (exact) mass is 232 g/mol. The van der Waals surface area contributed by atoms with E-state index in [4.69, 9.17) is 0 Å². The molecule has 3 heteroatoms. The minimum atomic E-state index is -0.810. The summed E-state index contributed by atoms with van der Waals surface area (Å²) in [6, 6.07) is 7.81. The Kier molecular flexibility index (Phi) is 5.14. The van der Waals surface area contributed by atoms with Gasteiger partial charge in [-0.3, -0.25) is 4.79 Å². The first-order valence-electron chi connectivity index (χ1n) is 5.65. The summed E-state index contributed by atoms with van der Waals surface area (Å²) in [5, 5.41) is 0. The largest absolute Gasteiger partial charge is 0.460 e. The molecule has 0 amide bonds. The van der Waals surface area contributed by atoms with Crippen LogP contribution in [0.2, 0.25) is 0 Å². The van der Waals surface area contributed by atoms with E-state index in [1.54, 1.807) is 13.0 Å². The van der Waals surface area contributed by atoms with E-state index in [0.29, 0.717) is 0 Å². The number of ether oxygens (including phenoxy) is 1. The van der Waals surface area contributed by atoms with Crippen molar-refractivity contribution < 1.29 is 14.3 Å². The SMILES string of the molecule is CCOC(=O)C(=O)/C=C/c1cccc(CC)c1. The van der Waals surface area contributed by atoms with Crippen molar-refractivity contribution in [1.82, 2.24) is 0 Å². The van der Waals surface area contributed by atoms with E-state index in [1.807, 2.05) is 24.3 Å². The van der Waals surface area contributed by atoms with Crippen molar-refractivity contribution in [3.8, 4) is 0 Å². The molecule has 1 aromatic carbocycles. The van der Waals surface area contributed by atoms with Gasteiger partial charge < -0.3 is 4.74 Å². The highest BCUT2D eigenvalue weighted by Crippen LogP contribution is 2.07. The molecular weight excluding hydrogens is 216 g/mol. The third kappa shape index (κ3) is 4.23. The van der Waals surface area contributed by atoms with Crippen LogP contribution in [0.4, 0.5) is 0 Å². The number of hydrogen-bond donors (Lipinski definition) is 0. The number of carbonyl (C=O) groups is 2. The van der Waals surface area contributed by atoms with Crippen molar-refractivity contribution in [2.75, 3.05) is 6.61 Å². The molecular formula is C14H16O3. The van der Waals surface area contributed by atoms with E-state index in [1.165, 1.54) is 11.6 Å². The summed E-state index contributed by atoms with van der Waals surface area (Å²) in [7, 11) is 0. The fraction of sp³-hybridized carbons (Fsp3) is 0.286. The first-order valence-corrected chi connectivity index (χ1v) is 5.65. The molecule has 0 aliphatic rings. The zero-order chi connectivity index (χ0) is 12.7. The van der Waals surface area contributed by atoms with Gasteiger partial charge in [0.15, 0.2) is 0 Å². The Morgan fingerprint density at radius 3 is 2.71 bits per heavy atom. The molecule has 0 aliphatic heterocycles. The molecule has 0 aromatic heterocycles. The molecule has 90 valence electrons. The van der Waals surface area contributed by atoms with Gasteiger partial charge in [0.2, 0.25) is 0 Å². The van der Waals surface area contributed by atoms with Gasteiger partial charge in [0.25, 0.3) is 5.78 Å². The Morgan fingerprint density at radius 2 is 2.06 bits per heavy atom. The van der Waals surface area contributed by atoms with Gasteiger partial charge >= 0.3 is 5.97 Å². The molecule has 1 aromatic rings. The second-order valence-electron chi connectivity index (χ2n) is 3.52. The van der Waals surface area contributed by atoms with Gasteiger partial charge in [-0.15, -0.1) is 0 Å². The Hall–Kier alpha value is -1.90. The van der Waals surface area contributed by atoms with Crippen molar-refractivity contribution in [2.24, 2.45) is 0 Å². The van der Waals surface area contributed by atoms with E-state index in [-0.39, 0.29) is 6.61 Å². The first-order chi connectivity index (χ1) is 8.17. The normalized spacial score (nSPS) is 10.5. The van der Waals surface area contributed by atoms with Crippen LogP contribution < -0.4 is 0 Å². The lowest BCUT2D eigenvalue weighted by molar-refractivity contribution is -0.151. The Morgan fingerprint density at radius 1 is 1.29 bits per heavy atom. The molecule has 0 heterocycles. The Labute approximate surface area is 101 Å². The van der Waals surface area contributed by atoms with Gasteiger partial charge in [0.05, 0.1) is 6.61 Å². The highest BCUT2D eigenvalue weighted by molar-refractivity contribution is 6.39. The maximum absolute atomic E-state index is 11.3. The van der Waals surface area contributed by atoms with Crippen LogP contribution in [0, 0.1) is 0 Å². The first kappa shape index (κ1) is 13.2. The summed E-state index contributed by atoms with van der Waals surface area (Å²) in [4.78, 5) is 22.4. The molecule has 0 atom stereocenters. The molecule has 0 unspecified atom stereocenters. The number of benzene rings is 1. The van der Waals surface area contributed by atoms with Crippen LogP contribution in [0.1, 0.15) is 25.0 Å². The third-order valence-electron chi connectivity index (χ3n) is 2.26. The maximum Gasteiger partial charge on any atom is 0.379 e. The molecule has 0 saturated carbocycles. The quantitative estimate of drug-likeness (QED) is 0.445. The molecule has 1 rings (SSSR count). The van der Waals surface area contributed by atoms with E-state index in [2.05, 4.69) is 11.7 Å². The van der Waals surface area contributed by atoms with Crippen molar-refractivity contribution in [3.63, 3.8) is 0 Å². The number of carbonyl (C=O) groups excluding carboxylic acids is 2. The van der Waals surface area contributed by atoms with E-state index < -0.39 is 11.8 Å². The number of aryl methyl sites for hydroxylation is 1. The van der Waals surface area contributed by atoms with Crippen LogP contribution in [-0.4, -0.2) is 18.4 Å². The van der Waals surface area contributed by atoms with E-state index in [0.717, 1.165) is 12.0 Å². The molecule has 0 saturated heterocycles. The van der Waals surface area contributed by atoms with Crippen LogP contribution in [-0.2, 0) is 20.7 Å². The summed E-state index contributed by atoms with van der Waals surface area (Å²) in [5.74, 6) is -1.44. The lowest BCUT2D eigenvalue weighted by Gasteiger charge is -1.98. The average Bonchev–Trinajstić information content (AvgIpc) is 2.36. The number of esters is 1. The van der Waals surface area contributed by atoms with Gasteiger partial charge in [-0.2, -0.15) is 0 Å². The van der Waals surface area contributed by atoms with Crippen LogP contribution in [0.3, 0.4) is 0 Å². The summed E-state index contributed by atoms with van der Waals surface area (Å²) < 4.78 is 4.60. The summed E-state index contributed by atoms with van der Waals surface area (Å²) in [6.45, 7) is 3.94. The molecule has 0 bridgehead atoms. The highest BCUT2D eigenvalue weighted by Gasteiger charge is 2.09. The molecule has 0 radical (unpaired) electrons. The van der Waals surface area contributed by atoms with Crippen LogP contribution in [0.5, 0.6) is 0 Å². The van der Waals surface area contributed by atoms with Crippen LogP contribution in [0.15, 0.2) is 30.3 Å². The maximum atomic E-state index is 11.3. The molecule has 0 spiro atoms. The second kappa shape index (κ2) is 6.63.